The van der Waals surface area contributed by atoms with Crippen LogP contribution >= 0.6 is 11.6 Å². The number of pyridine rings is 1. The third-order valence-corrected chi connectivity index (χ3v) is 3.92. The van der Waals surface area contributed by atoms with Crippen LogP contribution in [0.15, 0.2) is 54.6 Å². The Hall–Kier alpha value is -2.85. The first-order chi connectivity index (χ1) is 11.6. The number of nitrogens with zero attached hydrogens (tertiary/aromatic N) is 1. The van der Waals surface area contributed by atoms with Crippen LogP contribution in [0, 0.1) is 0 Å². The Morgan fingerprint density at radius 2 is 1.92 bits per heavy atom. The number of halogens is 1. The van der Waals surface area contributed by atoms with E-state index < -0.39 is 0 Å². The molecule has 0 amide bonds. The van der Waals surface area contributed by atoms with Crippen molar-refractivity contribution in [2.24, 2.45) is 0 Å². The lowest BCUT2D eigenvalue weighted by atomic mass is 10.1. The van der Waals surface area contributed by atoms with Crippen LogP contribution < -0.4 is 10.5 Å². The van der Waals surface area contributed by atoms with E-state index in [4.69, 9.17) is 22.1 Å². The minimum atomic E-state index is -0.124. The van der Waals surface area contributed by atoms with Gasteiger partial charge in [0.15, 0.2) is 5.78 Å². The third-order valence-electron chi connectivity index (χ3n) is 3.61. The molecule has 0 radical (unpaired) electrons. The van der Waals surface area contributed by atoms with Crippen LogP contribution in [0.25, 0.3) is 17.0 Å². The Morgan fingerprint density at radius 3 is 2.62 bits per heavy atom. The lowest BCUT2D eigenvalue weighted by molar-refractivity contribution is 0.104. The smallest absolute Gasteiger partial charge is 0.185 e. The van der Waals surface area contributed by atoms with Crippen molar-refractivity contribution in [3.63, 3.8) is 0 Å². The number of carbonyl (C=O) groups excluding carboxylic acids is 1. The summed E-state index contributed by atoms with van der Waals surface area (Å²) >= 11 is 6.22. The van der Waals surface area contributed by atoms with Gasteiger partial charge in [-0.15, -0.1) is 0 Å². The van der Waals surface area contributed by atoms with Crippen LogP contribution in [0.5, 0.6) is 5.75 Å². The molecule has 0 saturated heterocycles. The van der Waals surface area contributed by atoms with Gasteiger partial charge in [-0.3, -0.25) is 4.79 Å². The molecule has 2 N–H and O–H groups in total. The van der Waals surface area contributed by atoms with Crippen molar-refractivity contribution in [3.05, 3.63) is 70.9 Å². The summed E-state index contributed by atoms with van der Waals surface area (Å²) in [5, 5.41) is 1.25. The molecule has 120 valence electrons. The molecule has 0 bridgehead atoms. The van der Waals surface area contributed by atoms with Crippen LogP contribution in [0.3, 0.4) is 0 Å². The first kappa shape index (κ1) is 16.0. The van der Waals surface area contributed by atoms with E-state index in [0.717, 1.165) is 10.9 Å². The molecule has 2 aromatic carbocycles. The predicted molar refractivity (Wildman–Crippen MR) is 97.5 cm³/mol. The van der Waals surface area contributed by atoms with E-state index in [1.807, 2.05) is 24.3 Å². The van der Waals surface area contributed by atoms with Gasteiger partial charge in [0.05, 0.1) is 12.6 Å². The first-order valence-corrected chi connectivity index (χ1v) is 7.67. The molecular weight excluding hydrogens is 324 g/mol. The van der Waals surface area contributed by atoms with E-state index in [1.165, 1.54) is 6.08 Å². The van der Waals surface area contributed by atoms with Crippen LogP contribution in [0.1, 0.15) is 15.9 Å². The fourth-order valence-electron chi connectivity index (χ4n) is 2.29. The van der Waals surface area contributed by atoms with Crippen LogP contribution in [0.2, 0.25) is 5.15 Å². The lowest BCUT2D eigenvalue weighted by Crippen LogP contribution is -1.95. The molecule has 3 rings (SSSR count). The summed E-state index contributed by atoms with van der Waals surface area (Å²) in [5.74, 6) is 0.591. The second kappa shape index (κ2) is 6.72. The predicted octanol–water partition coefficient (Wildman–Crippen LogP) is 4.38. The van der Waals surface area contributed by atoms with Gasteiger partial charge in [-0.05, 0) is 54.6 Å². The molecular formula is C19H15ClN2O2. The third kappa shape index (κ3) is 3.39. The summed E-state index contributed by atoms with van der Waals surface area (Å²) in [4.78, 5) is 16.5. The Bertz CT molecular complexity index is 934. The number of benzene rings is 2. The molecule has 0 atom stereocenters. The van der Waals surface area contributed by atoms with Crippen molar-refractivity contribution in [1.29, 1.82) is 0 Å². The molecule has 0 aliphatic heterocycles. The number of allylic oxidation sites excluding steroid dienone is 1. The molecule has 0 unspecified atom stereocenters. The van der Waals surface area contributed by atoms with Gasteiger partial charge in [0.1, 0.15) is 10.9 Å². The van der Waals surface area contributed by atoms with Crippen molar-refractivity contribution in [2.45, 2.75) is 0 Å². The summed E-state index contributed by atoms with van der Waals surface area (Å²) in [5.41, 5.74) is 8.22. The van der Waals surface area contributed by atoms with Gasteiger partial charge in [0, 0.05) is 28.3 Å². The van der Waals surface area contributed by atoms with Crippen LogP contribution in [-0.4, -0.2) is 17.9 Å². The Balaban J connectivity index is 1.90. The fourth-order valence-corrected chi connectivity index (χ4v) is 2.50. The molecule has 24 heavy (non-hydrogen) atoms. The first-order valence-electron chi connectivity index (χ1n) is 7.29. The van der Waals surface area contributed by atoms with Crippen molar-refractivity contribution >= 4 is 40.1 Å². The van der Waals surface area contributed by atoms with Crippen molar-refractivity contribution < 1.29 is 9.53 Å². The van der Waals surface area contributed by atoms with Crippen molar-refractivity contribution in [2.75, 3.05) is 12.8 Å². The van der Waals surface area contributed by atoms with E-state index in [-0.39, 0.29) is 5.78 Å². The Kier molecular flexibility index (Phi) is 4.49. The number of ether oxygens (including phenoxy) is 1. The molecule has 0 aliphatic carbocycles. The van der Waals surface area contributed by atoms with E-state index >= 15 is 0 Å². The quantitative estimate of drug-likeness (QED) is 0.332. The number of fused-ring (bicyclic) bond motifs is 1. The van der Waals surface area contributed by atoms with Crippen LogP contribution in [0.4, 0.5) is 5.69 Å². The molecule has 1 heterocycles. The summed E-state index contributed by atoms with van der Waals surface area (Å²) in [6.45, 7) is 0. The number of aromatic nitrogens is 1. The van der Waals surface area contributed by atoms with Gasteiger partial charge < -0.3 is 10.5 Å². The maximum atomic E-state index is 12.2. The summed E-state index contributed by atoms with van der Waals surface area (Å²) in [6.07, 6.45) is 3.14. The molecule has 4 nitrogen and oxygen atoms in total. The number of anilines is 1. The van der Waals surface area contributed by atoms with E-state index in [1.54, 1.807) is 37.5 Å². The topological polar surface area (TPSA) is 65.2 Å². The highest BCUT2D eigenvalue weighted by Gasteiger charge is 2.06. The summed E-state index contributed by atoms with van der Waals surface area (Å²) in [6, 6.07) is 14.2. The Labute approximate surface area is 144 Å². The highest BCUT2D eigenvalue weighted by molar-refractivity contribution is 6.31. The van der Waals surface area contributed by atoms with Gasteiger partial charge in [-0.25, -0.2) is 4.98 Å². The molecule has 1 aromatic heterocycles. The highest BCUT2D eigenvalue weighted by atomic mass is 35.5. The van der Waals surface area contributed by atoms with E-state index in [9.17, 15) is 4.79 Å². The number of hydrogen-bond acceptors (Lipinski definition) is 4. The van der Waals surface area contributed by atoms with E-state index in [0.29, 0.717) is 27.7 Å². The number of hydrogen-bond donors (Lipinski definition) is 1. The van der Waals surface area contributed by atoms with Gasteiger partial charge in [0.2, 0.25) is 0 Å². The largest absolute Gasteiger partial charge is 0.497 e. The number of rotatable bonds is 4. The zero-order valence-corrected chi connectivity index (χ0v) is 13.7. The Morgan fingerprint density at radius 1 is 1.17 bits per heavy atom. The molecule has 3 aromatic rings. The average Bonchev–Trinajstić information content (AvgIpc) is 2.59. The second-order valence-corrected chi connectivity index (χ2v) is 5.60. The lowest BCUT2D eigenvalue weighted by Gasteiger charge is -2.05. The number of nitrogen functional groups attached to an aromatic ring is 1. The molecule has 5 heteroatoms. The van der Waals surface area contributed by atoms with Gasteiger partial charge >= 0.3 is 0 Å². The minimum Gasteiger partial charge on any atom is -0.497 e. The summed E-state index contributed by atoms with van der Waals surface area (Å²) < 4.78 is 5.18. The van der Waals surface area contributed by atoms with Gasteiger partial charge in [-0.1, -0.05) is 11.6 Å². The molecule has 0 saturated carbocycles. The van der Waals surface area contributed by atoms with Crippen LogP contribution in [-0.2, 0) is 0 Å². The number of carbonyl (C=O) groups is 1. The zero-order chi connectivity index (χ0) is 17.1. The van der Waals surface area contributed by atoms with Crippen molar-refractivity contribution in [1.82, 2.24) is 4.98 Å². The average molecular weight is 339 g/mol. The van der Waals surface area contributed by atoms with E-state index in [2.05, 4.69) is 4.98 Å². The standard InChI is InChI=1S/C19H15ClN2O2/c1-24-16-8-4-13-10-14(19(20)22-17(13)11-16)5-9-18(23)12-2-6-15(21)7-3-12/h2-11H,21H2,1H3. The molecule has 0 spiro atoms. The SMILES string of the molecule is COc1ccc2cc(C=CC(=O)c3ccc(N)cc3)c(Cl)nc2c1. The van der Waals surface area contributed by atoms with Gasteiger partial charge in [-0.2, -0.15) is 0 Å². The molecule has 0 fully saturated rings. The fraction of sp³-hybridized carbons (Fsp3) is 0.0526. The maximum Gasteiger partial charge on any atom is 0.185 e. The normalized spacial score (nSPS) is 11.1. The number of nitrogens with two attached hydrogens (primary N) is 1. The number of methoxy groups -OCH3 is 1. The minimum absolute atomic E-state index is 0.124. The zero-order valence-electron chi connectivity index (χ0n) is 13.0. The maximum absolute atomic E-state index is 12.2. The van der Waals surface area contributed by atoms with Crippen molar-refractivity contribution in [3.8, 4) is 5.75 Å². The second-order valence-electron chi connectivity index (χ2n) is 5.25. The monoisotopic (exact) mass is 338 g/mol. The highest BCUT2D eigenvalue weighted by Crippen LogP contribution is 2.25. The summed E-state index contributed by atoms with van der Waals surface area (Å²) in [7, 11) is 1.60. The molecule has 0 aliphatic rings. The van der Waals surface area contributed by atoms with Gasteiger partial charge in [0.25, 0.3) is 0 Å². The number of ketones is 1.